The number of nitrogens with zero attached hydrogens (tertiary/aromatic N) is 5. The number of rotatable bonds is 11. The lowest BCUT2D eigenvalue weighted by Gasteiger charge is -2.13. The summed E-state index contributed by atoms with van der Waals surface area (Å²) in [5.74, 6) is 0.968. The Morgan fingerprint density at radius 1 is 0.872 bits per heavy atom. The highest BCUT2D eigenvalue weighted by atomic mass is 35.5. The van der Waals surface area contributed by atoms with Crippen molar-refractivity contribution in [1.82, 2.24) is 24.5 Å². The van der Waals surface area contributed by atoms with Crippen LogP contribution in [0.5, 0.6) is 0 Å². The van der Waals surface area contributed by atoms with Crippen LogP contribution in [0.1, 0.15) is 91.5 Å². The third-order valence-corrected chi connectivity index (χ3v) is 7.05. The van der Waals surface area contributed by atoms with Gasteiger partial charge in [0.05, 0.1) is 11.7 Å². The Labute approximate surface area is 242 Å². The third kappa shape index (κ3) is 10.9. The highest BCUT2D eigenvalue weighted by molar-refractivity contribution is 6.31. The molecule has 0 saturated carbocycles. The molecule has 0 aliphatic carbocycles. The zero-order valence-electron chi connectivity index (χ0n) is 25.4. The molecule has 3 aromatic heterocycles. The van der Waals surface area contributed by atoms with Crippen molar-refractivity contribution in [3.05, 3.63) is 59.6 Å². The van der Waals surface area contributed by atoms with E-state index in [0.29, 0.717) is 5.02 Å². The second kappa shape index (κ2) is 18.0. The molecule has 0 fully saturated rings. The number of halogens is 1. The Morgan fingerprint density at radius 2 is 1.64 bits per heavy atom. The van der Waals surface area contributed by atoms with Crippen molar-refractivity contribution in [3.63, 3.8) is 0 Å². The minimum Gasteiger partial charge on any atom is -0.306 e. The number of fused-ring (bicyclic) bond motifs is 2. The molecule has 0 amide bonds. The minimum atomic E-state index is 0.681. The van der Waals surface area contributed by atoms with Crippen LogP contribution in [0.15, 0.2) is 49.1 Å². The van der Waals surface area contributed by atoms with Gasteiger partial charge in [0.1, 0.15) is 0 Å². The number of pyridine rings is 1. The molecule has 0 saturated heterocycles. The summed E-state index contributed by atoms with van der Waals surface area (Å²) in [7, 11) is 2.19. The van der Waals surface area contributed by atoms with E-state index in [2.05, 4.69) is 61.6 Å². The maximum atomic E-state index is 6.04. The summed E-state index contributed by atoms with van der Waals surface area (Å²) in [4.78, 5) is 11.3. The molecule has 0 spiro atoms. The van der Waals surface area contributed by atoms with Gasteiger partial charge in [0, 0.05) is 34.6 Å². The van der Waals surface area contributed by atoms with Crippen molar-refractivity contribution in [2.45, 2.75) is 92.9 Å². The topological polar surface area (TPSA) is 46.3 Å². The average Bonchev–Trinajstić information content (AvgIpc) is 3.34. The molecule has 1 aromatic carbocycles. The van der Waals surface area contributed by atoms with Gasteiger partial charge in [0.15, 0.2) is 5.65 Å². The summed E-state index contributed by atoms with van der Waals surface area (Å²) in [6.07, 6.45) is 18.3. The molecule has 1 atom stereocenters. The van der Waals surface area contributed by atoms with Crippen LogP contribution in [0, 0.1) is 12.8 Å². The first-order valence-electron chi connectivity index (χ1n) is 14.9. The van der Waals surface area contributed by atoms with Crippen molar-refractivity contribution in [2.24, 2.45) is 5.92 Å². The first-order chi connectivity index (χ1) is 18.8. The molecule has 0 bridgehead atoms. The van der Waals surface area contributed by atoms with Gasteiger partial charge in [-0.25, -0.2) is 9.50 Å². The summed E-state index contributed by atoms with van der Waals surface area (Å²) in [5, 5.41) is 6.11. The molecule has 0 aliphatic heterocycles. The number of hydrogen-bond donors (Lipinski definition) is 0. The van der Waals surface area contributed by atoms with Crippen LogP contribution in [0.2, 0.25) is 5.02 Å². The Hall–Kier alpha value is -2.50. The molecule has 4 rings (SSSR count). The van der Waals surface area contributed by atoms with Gasteiger partial charge in [-0.05, 0) is 75.1 Å². The van der Waals surface area contributed by atoms with Gasteiger partial charge in [-0.1, -0.05) is 90.8 Å². The van der Waals surface area contributed by atoms with E-state index in [0.717, 1.165) is 39.2 Å². The number of aromatic nitrogens is 4. The quantitative estimate of drug-likeness (QED) is 0.186. The van der Waals surface area contributed by atoms with Gasteiger partial charge in [-0.2, -0.15) is 5.10 Å². The number of unbranched alkanes of at least 4 members (excludes halogenated alkanes) is 2. The Balaban J connectivity index is 0.000000249. The second-order valence-corrected chi connectivity index (χ2v) is 11.1. The standard InChI is InChI=1S/C16H11ClN4.C9H20.C8H19N/c1-10-7-19-16-14(8-20-21(16)9-10)12-4-5-18-15-6-11(17)2-3-13(12)15;2*1-4-6-8-9(3)7-5-2/h2-9H,1H3;9H,4-8H2,1-3H3;4-8H2,1-3H3. The molecule has 39 heavy (non-hydrogen) atoms. The zero-order valence-corrected chi connectivity index (χ0v) is 26.1. The van der Waals surface area contributed by atoms with E-state index in [9.17, 15) is 0 Å². The number of aryl methyl sites for hydroxylation is 1. The molecular weight excluding hydrogens is 502 g/mol. The summed E-state index contributed by atoms with van der Waals surface area (Å²) >= 11 is 6.04. The number of hydrogen-bond acceptors (Lipinski definition) is 4. The summed E-state index contributed by atoms with van der Waals surface area (Å²) in [6.45, 7) is 15.9. The van der Waals surface area contributed by atoms with Gasteiger partial charge in [0.25, 0.3) is 0 Å². The lowest BCUT2D eigenvalue weighted by Crippen LogP contribution is -2.19. The van der Waals surface area contributed by atoms with Gasteiger partial charge < -0.3 is 4.90 Å². The van der Waals surface area contributed by atoms with Crippen molar-refractivity contribution in [3.8, 4) is 11.1 Å². The zero-order chi connectivity index (χ0) is 28.6. The monoisotopic (exact) mass is 551 g/mol. The van der Waals surface area contributed by atoms with Crippen LogP contribution in [-0.4, -0.2) is 44.6 Å². The van der Waals surface area contributed by atoms with Gasteiger partial charge in [0.2, 0.25) is 0 Å². The van der Waals surface area contributed by atoms with E-state index >= 15 is 0 Å². The first kappa shape index (κ1) is 32.7. The molecule has 4 aromatic rings. The fraction of sp³-hybridized carbons (Fsp3) is 0.545. The number of benzene rings is 1. The Bertz CT molecular complexity index is 1220. The Morgan fingerprint density at radius 3 is 2.33 bits per heavy atom. The smallest absolute Gasteiger partial charge is 0.162 e. The highest BCUT2D eigenvalue weighted by Crippen LogP contribution is 2.31. The van der Waals surface area contributed by atoms with Crippen LogP contribution >= 0.6 is 11.6 Å². The van der Waals surface area contributed by atoms with E-state index in [4.69, 9.17) is 11.6 Å². The lowest BCUT2D eigenvalue weighted by atomic mass is 10.00. The van der Waals surface area contributed by atoms with Gasteiger partial charge >= 0.3 is 0 Å². The van der Waals surface area contributed by atoms with Crippen molar-refractivity contribution < 1.29 is 0 Å². The minimum absolute atomic E-state index is 0.681. The predicted molar refractivity (Wildman–Crippen MR) is 170 cm³/mol. The van der Waals surface area contributed by atoms with Crippen molar-refractivity contribution in [1.29, 1.82) is 0 Å². The normalized spacial score (nSPS) is 11.7. The van der Waals surface area contributed by atoms with Crippen LogP contribution < -0.4 is 0 Å². The molecule has 0 radical (unpaired) electrons. The molecule has 3 heterocycles. The molecule has 1 unspecified atom stereocenters. The van der Waals surface area contributed by atoms with Crippen molar-refractivity contribution in [2.75, 3.05) is 20.1 Å². The van der Waals surface area contributed by atoms with E-state index in [1.807, 2.05) is 49.8 Å². The van der Waals surface area contributed by atoms with Crippen LogP contribution in [0.3, 0.4) is 0 Å². The lowest BCUT2D eigenvalue weighted by molar-refractivity contribution is 0.329. The predicted octanol–water partition coefficient (Wildman–Crippen LogP) is 9.65. The van der Waals surface area contributed by atoms with E-state index in [1.165, 1.54) is 64.5 Å². The second-order valence-electron chi connectivity index (χ2n) is 10.7. The molecule has 5 nitrogen and oxygen atoms in total. The summed E-state index contributed by atoms with van der Waals surface area (Å²) in [5.41, 5.74) is 4.82. The van der Waals surface area contributed by atoms with Crippen molar-refractivity contribution >= 4 is 28.2 Å². The summed E-state index contributed by atoms with van der Waals surface area (Å²) in [6, 6.07) is 7.70. The summed E-state index contributed by atoms with van der Waals surface area (Å²) < 4.78 is 1.80. The van der Waals surface area contributed by atoms with E-state index in [1.54, 1.807) is 10.7 Å². The van der Waals surface area contributed by atoms with Gasteiger partial charge in [-0.3, -0.25) is 4.98 Å². The molecule has 0 N–H and O–H groups in total. The highest BCUT2D eigenvalue weighted by Gasteiger charge is 2.11. The average molecular weight is 552 g/mol. The van der Waals surface area contributed by atoms with Gasteiger partial charge in [-0.15, -0.1) is 0 Å². The first-order valence-corrected chi connectivity index (χ1v) is 15.2. The van der Waals surface area contributed by atoms with E-state index < -0.39 is 0 Å². The van der Waals surface area contributed by atoms with Crippen LogP contribution in [-0.2, 0) is 0 Å². The van der Waals surface area contributed by atoms with E-state index in [-0.39, 0.29) is 0 Å². The molecule has 214 valence electrons. The molecule has 6 heteroatoms. The largest absolute Gasteiger partial charge is 0.306 e. The maximum Gasteiger partial charge on any atom is 0.162 e. The molecule has 0 aliphatic rings. The van der Waals surface area contributed by atoms with Crippen LogP contribution in [0.4, 0.5) is 0 Å². The fourth-order valence-corrected chi connectivity index (χ4v) is 4.79. The fourth-order valence-electron chi connectivity index (χ4n) is 4.63. The Kier molecular flexibility index (Phi) is 15.1. The molecular formula is C33H50ClN5. The van der Waals surface area contributed by atoms with Crippen LogP contribution in [0.25, 0.3) is 27.7 Å². The maximum absolute atomic E-state index is 6.04. The SMILES string of the molecule is CCCCC(C)CCC.CCCCN(C)CCC.Cc1cnc2c(-c3ccnc4cc(Cl)ccc34)cnn2c1. The third-order valence-electron chi connectivity index (χ3n) is 6.81.